The van der Waals surface area contributed by atoms with E-state index in [4.69, 9.17) is 38.4 Å². The van der Waals surface area contributed by atoms with E-state index in [2.05, 4.69) is 26.8 Å². The molecule has 0 amide bonds. The molecule has 0 atom stereocenters. The van der Waals surface area contributed by atoms with E-state index in [0.717, 1.165) is 0 Å². The van der Waals surface area contributed by atoms with Crippen LogP contribution in [0.5, 0.6) is 11.6 Å². The lowest BCUT2D eigenvalue weighted by Gasteiger charge is -2.13. The smallest absolute Gasteiger partial charge is 0.246 e. The minimum absolute atomic E-state index is 0.00000175. The van der Waals surface area contributed by atoms with Crippen LogP contribution in [0.3, 0.4) is 0 Å². The van der Waals surface area contributed by atoms with Crippen molar-refractivity contribution in [2.24, 2.45) is 0 Å². The second-order valence-corrected chi connectivity index (χ2v) is 5.24. The standard InChI is InChI=1S/C14H15Cl2N5O3/c1-4-6-11(16)20-14(17)21-12(6)18-5-7-8(15)9(22)10(23-2)13(19-7)24-3/h4H,1,5H2,2-3H3,(H,19,22)(H3,17,18,20,21). The first kappa shape index (κ1) is 17.9. The lowest BCUT2D eigenvalue weighted by Crippen LogP contribution is -2.15. The van der Waals surface area contributed by atoms with Crippen LogP contribution in [0.1, 0.15) is 11.3 Å². The van der Waals surface area contributed by atoms with Gasteiger partial charge in [-0.3, -0.25) is 4.79 Å². The molecule has 0 aromatic carbocycles. The second kappa shape index (κ2) is 7.41. The van der Waals surface area contributed by atoms with Gasteiger partial charge in [0.2, 0.25) is 23.0 Å². The van der Waals surface area contributed by atoms with Gasteiger partial charge >= 0.3 is 0 Å². The number of anilines is 2. The number of nitrogens with zero attached hydrogens (tertiary/aromatic N) is 2. The van der Waals surface area contributed by atoms with Crippen molar-refractivity contribution < 1.29 is 9.47 Å². The number of methoxy groups -OCH3 is 2. The number of H-pyrrole nitrogens is 1. The van der Waals surface area contributed by atoms with Crippen molar-refractivity contribution >= 4 is 41.0 Å². The molecule has 0 fully saturated rings. The van der Waals surface area contributed by atoms with Crippen molar-refractivity contribution in [2.75, 3.05) is 25.3 Å². The van der Waals surface area contributed by atoms with Gasteiger partial charge in [0, 0.05) is 0 Å². The fraction of sp³-hybridized carbons (Fsp3) is 0.214. The van der Waals surface area contributed by atoms with Gasteiger partial charge in [0.15, 0.2) is 0 Å². The molecular weight excluding hydrogens is 357 g/mol. The maximum atomic E-state index is 12.2. The number of halogens is 2. The average molecular weight is 372 g/mol. The minimum Gasteiger partial charge on any atom is -0.488 e. The van der Waals surface area contributed by atoms with Crippen molar-refractivity contribution in [3.8, 4) is 11.6 Å². The summed E-state index contributed by atoms with van der Waals surface area (Å²) < 4.78 is 10.1. The number of hydrogen-bond acceptors (Lipinski definition) is 7. The maximum absolute atomic E-state index is 12.2. The molecule has 0 saturated carbocycles. The van der Waals surface area contributed by atoms with Gasteiger partial charge in [0.1, 0.15) is 16.0 Å². The van der Waals surface area contributed by atoms with E-state index >= 15 is 0 Å². The number of rotatable bonds is 6. The predicted molar refractivity (Wildman–Crippen MR) is 94.0 cm³/mol. The Bertz CT molecular complexity index is 838. The number of hydrogen-bond donors (Lipinski definition) is 3. The Morgan fingerprint density at radius 2 is 2.04 bits per heavy atom. The molecule has 8 nitrogen and oxygen atoms in total. The first-order valence-corrected chi connectivity index (χ1v) is 7.40. The molecule has 0 spiro atoms. The third kappa shape index (κ3) is 3.39. The monoisotopic (exact) mass is 371 g/mol. The van der Waals surface area contributed by atoms with E-state index in [9.17, 15) is 4.79 Å². The number of pyridine rings is 1. The van der Waals surface area contributed by atoms with E-state index in [0.29, 0.717) is 17.1 Å². The molecule has 0 aliphatic carbocycles. The molecular formula is C14H15Cl2N5O3. The van der Waals surface area contributed by atoms with Gasteiger partial charge in [0.05, 0.1) is 32.0 Å². The van der Waals surface area contributed by atoms with Crippen LogP contribution < -0.4 is 26.0 Å². The molecule has 24 heavy (non-hydrogen) atoms. The van der Waals surface area contributed by atoms with Gasteiger partial charge in [-0.1, -0.05) is 35.9 Å². The molecule has 0 aliphatic heterocycles. The summed E-state index contributed by atoms with van der Waals surface area (Å²) in [5.41, 5.74) is 5.95. The summed E-state index contributed by atoms with van der Waals surface area (Å²) in [4.78, 5) is 23.0. The normalized spacial score (nSPS) is 10.3. The molecule has 2 aromatic rings. The Morgan fingerprint density at radius 1 is 1.33 bits per heavy atom. The van der Waals surface area contributed by atoms with Crippen LogP contribution in [-0.4, -0.2) is 29.2 Å². The molecule has 2 aromatic heterocycles. The Kier molecular flexibility index (Phi) is 5.53. The molecule has 0 bridgehead atoms. The predicted octanol–water partition coefficient (Wildman–Crippen LogP) is 2.33. The highest BCUT2D eigenvalue weighted by molar-refractivity contribution is 6.31. The van der Waals surface area contributed by atoms with E-state index in [-0.39, 0.29) is 34.3 Å². The van der Waals surface area contributed by atoms with Gasteiger partial charge in [-0.25, -0.2) is 4.98 Å². The molecule has 0 unspecified atom stereocenters. The summed E-state index contributed by atoms with van der Waals surface area (Å²) in [6, 6.07) is 0. The van der Waals surface area contributed by atoms with Crippen molar-refractivity contribution in [3.05, 3.63) is 38.2 Å². The summed E-state index contributed by atoms with van der Waals surface area (Å²) in [5.74, 6) is 0.509. The Hall–Kier alpha value is -2.45. The summed E-state index contributed by atoms with van der Waals surface area (Å²) >= 11 is 12.1. The van der Waals surface area contributed by atoms with Crippen LogP contribution in [0.4, 0.5) is 11.8 Å². The van der Waals surface area contributed by atoms with E-state index < -0.39 is 5.43 Å². The van der Waals surface area contributed by atoms with E-state index in [1.807, 2.05) is 0 Å². The summed E-state index contributed by atoms with van der Waals surface area (Å²) in [7, 11) is 2.75. The third-order valence-electron chi connectivity index (χ3n) is 3.10. The van der Waals surface area contributed by atoms with Crippen LogP contribution >= 0.6 is 23.2 Å². The number of aromatic nitrogens is 3. The largest absolute Gasteiger partial charge is 0.488 e. The van der Waals surface area contributed by atoms with Crippen LogP contribution in [0.15, 0.2) is 11.4 Å². The minimum atomic E-state index is -0.490. The third-order valence-corrected chi connectivity index (χ3v) is 3.79. The topological polar surface area (TPSA) is 115 Å². The number of nitrogens with one attached hydrogen (secondary N) is 2. The van der Waals surface area contributed by atoms with Crippen LogP contribution in [0, 0.1) is 0 Å². The zero-order valence-corrected chi connectivity index (χ0v) is 14.5. The van der Waals surface area contributed by atoms with Gasteiger partial charge in [-0.05, 0) is 0 Å². The van der Waals surface area contributed by atoms with E-state index in [1.54, 1.807) is 0 Å². The van der Waals surface area contributed by atoms with Gasteiger partial charge in [0.25, 0.3) is 0 Å². The highest BCUT2D eigenvalue weighted by Crippen LogP contribution is 2.26. The molecule has 0 saturated heterocycles. The van der Waals surface area contributed by atoms with Crippen molar-refractivity contribution in [1.82, 2.24) is 15.0 Å². The van der Waals surface area contributed by atoms with Crippen LogP contribution in [0.25, 0.3) is 6.08 Å². The molecule has 128 valence electrons. The second-order valence-electron chi connectivity index (χ2n) is 4.51. The van der Waals surface area contributed by atoms with Gasteiger partial charge in [-0.2, -0.15) is 4.98 Å². The van der Waals surface area contributed by atoms with Crippen molar-refractivity contribution in [3.63, 3.8) is 0 Å². The summed E-state index contributed by atoms with van der Waals surface area (Å²) in [5, 5.41) is 3.11. The molecule has 2 heterocycles. The van der Waals surface area contributed by atoms with Gasteiger partial charge in [-0.15, -0.1) is 0 Å². The lowest BCUT2D eigenvalue weighted by molar-refractivity contribution is 0.339. The zero-order valence-electron chi connectivity index (χ0n) is 12.9. The van der Waals surface area contributed by atoms with E-state index in [1.165, 1.54) is 20.3 Å². The summed E-state index contributed by atoms with van der Waals surface area (Å²) in [6.07, 6.45) is 1.49. The first-order valence-electron chi connectivity index (χ1n) is 6.64. The SMILES string of the molecule is C=Cc1c(Cl)nc(N)nc1NCc1[nH]c(OC)c(OC)c(=O)c1Cl. The Morgan fingerprint density at radius 3 is 2.62 bits per heavy atom. The fourth-order valence-electron chi connectivity index (χ4n) is 1.99. The number of nitrogen functional groups attached to an aromatic ring is 1. The van der Waals surface area contributed by atoms with Gasteiger partial charge < -0.3 is 25.5 Å². The quantitative estimate of drug-likeness (QED) is 0.667. The molecule has 0 radical (unpaired) electrons. The molecule has 0 aliphatic rings. The maximum Gasteiger partial charge on any atom is 0.246 e. The highest BCUT2D eigenvalue weighted by Gasteiger charge is 2.17. The zero-order chi connectivity index (χ0) is 17.9. The fourth-order valence-corrected chi connectivity index (χ4v) is 2.44. The number of nitrogens with two attached hydrogens (primary N) is 1. The molecule has 4 N–H and O–H groups in total. The number of ether oxygens (including phenoxy) is 2. The lowest BCUT2D eigenvalue weighted by atomic mass is 10.2. The Labute approximate surface area is 147 Å². The van der Waals surface area contributed by atoms with Crippen molar-refractivity contribution in [1.29, 1.82) is 0 Å². The first-order chi connectivity index (χ1) is 11.4. The summed E-state index contributed by atoms with van der Waals surface area (Å²) in [6.45, 7) is 3.78. The molecule has 2 rings (SSSR count). The highest BCUT2D eigenvalue weighted by atomic mass is 35.5. The average Bonchev–Trinajstić information content (AvgIpc) is 2.55. The number of aromatic amines is 1. The molecule has 10 heteroatoms. The van der Waals surface area contributed by atoms with Crippen LogP contribution in [0.2, 0.25) is 10.2 Å². The van der Waals surface area contributed by atoms with Crippen molar-refractivity contribution in [2.45, 2.75) is 6.54 Å². The van der Waals surface area contributed by atoms with Crippen LogP contribution in [-0.2, 0) is 6.54 Å². The Balaban J connectivity index is 2.39.